The summed E-state index contributed by atoms with van der Waals surface area (Å²) in [5.41, 5.74) is 1.92. The number of nitrogens with one attached hydrogen (secondary N) is 2. The summed E-state index contributed by atoms with van der Waals surface area (Å²) in [7, 11) is 0. The Morgan fingerprint density at radius 1 is 1.18 bits per heavy atom. The standard InChI is InChI=1S/C16H20N4O.HI/c1-2-17-16(20-12-14-7-3-4-9-18-14)19-11-13-6-5-8-15(21)10-13;/h3-10,21H,2,11-12H2,1H3,(H2,17,19,20);1H. The van der Waals surface area contributed by atoms with Gasteiger partial charge in [-0.15, -0.1) is 24.0 Å². The van der Waals surface area contributed by atoms with E-state index in [0.29, 0.717) is 13.1 Å². The molecule has 0 saturated heterocycles. The van der Waals surface area contributed by atoms with Crippen LogP contribution in [0.25, 0.3) is 0 Å². The number of hydrogen-bond acceptors (Lipinski definition) is 3. The molecule has 5 nitrogen and oxygen atoms in total. The Balaban J connectivity index is 0.00000242. The van der Waals surface area contributed by atoms with Crippen LogP contribution in [0.1, 0.15) is 18.2 Å². The van der Waals surface area contributed by atoms with Crippen molar-refractivity contribution in [3.05, 3.63) is 59.9 Å². The largest absolute Gasteiger partial charge is 0.508 e. The van der Waals surface area contributed by atoms with Crippen molar-refractivity contribution >= 4 is 29.9 Å². The molecule has 0 aliphatic rings. The third kappa shape index (κ3) is 6.30. The van der Waals surface area contributed by atoms with Crippen LogP contribution in [-0.4, -0.2) is 22.6 Å². The van der Waals surface area contributed by atoms with Gasteiger partial charge in [0.05, 0.1) is 18.8 Å². The predicted octanol–water partition coefficient (Wildman–Crippen LogP) is 2.66. The number of aromatic nitrogens is 1. The first-order chi connectivity index (χ1) is 10.3. The molecule has 0 spiro atoms. The number of phenolic OH excluding ortho intramolecular Hbond substituents is 1. The van der Waals surface area contributed by atoms with Crippen LogP contribution in [0.4, 0.5) is 0 Å². The van der Waals surface area contributed by atoms with Crippen LogP contribution in [-0.2, 0) is 13.1 Å². The van der Waals surface area contributed by atoms with Gasteiger partial charge in [-0.05, 0) is 36.8 Å². The number of nitrogens with zero attached hydrogens (tertiary/aromatic N) is 2. The van der Waals surface area contributed by atoms with Gasteiger partial charge in [-0.3, -0.25) is 4.98 Å². The second-order valence-corrected chi connectivity index (χ2v) is 4.54. The lowest BCUT2D eigenvalue weighted by Crippen LogP contribution is -2.36. The molecule has 0 aliphatic heterocycles. The smallest absolute Gasteiger partial charge is 0.191 e. The molecule has 0 aliphatic carbocycles. The number of aliphatic imine (C=N–C) groups is 1. The molecule has 6 heteroatoms. The number of halogens is 1. The highest BCUT2D eigenvalue weighted by Crippen LogP contribution is 2.11. The van der Waals surface area contributed by atoms with E-state index in [1.165, 1.54) is 0 Å². The Morgan fingerprint density at radius 3 is 2.73 bits per heavy atom. The van der Waals surface area contributed by atoms with Gasteiger partial charge < -0.3 is 15.7 Å². The fourth-order valence-electron chi connectivity index (χ4n) is 1.84. The van der Waals surface area contributed by atoms with Crippen LogP contribution >= 0.6 is 24.0 Å². The first-order valence-electron chi connectivity index (χ1n) is 6.98. The minimum absolute atomic E-state index is 0. The maximum absolute atomic E-state index is 9.45. The topological polar surface area (TPSA) is 69.5 Å². The summed E-state index contributed by atoms with van der Waals surface area (Å²) in [6, 6.07) is 12.9. The predicted molar refractivity (Wildman–Crippen MR) is 99.4 cm³/mol. The van der Waals surface area contributed by atoms with E-state index in [2.05, 4.69) is 20.6 Å². The van der Waals surface area contributed by atoms with Gasteiger partial charge in [-0.2, -0.15) is 0 Å². The molecular weight excluding hydrogens is 391 g/mol. The van der Waals surface area contributed by atoms with E-state index < -0.39 is 0 Å². The van der Waals surface area contributed by atoms with Gasteiger partial charge in [0, 0.05) is 12.7 Å². The van der Waals surface area contributed by atoms with Crippen LogP contribution in [0.3, 0.4) is 0 Å². The molecule has 0 fully saturated rings. The van der Waals surface area contributed by atoms with Crippen LogP contribution in [0.15, 0.2) is 53.7 Å². The van der Waals surface area contributed by atoms with Crippen molar-refractivity contribution in [1.29, 1.82) is 0 Å². The van der Waals surface area contributed by atoms with Gasteiger partial charge in [0.15, 0.2) is 5.96 Å². The van der Waals surface area contributed by atoms with Gasteiger partial charge in [0.25, 0.3) is 0 Å². The lowest BCUT2D eigenvalue weighted by atomic mass is 10.2. The Kier molecular flexibility index (Phi) is 8.27. The molecule has 0 bridgehead atoms. The third-order valence-corrected chi connectivity index (χ3v) is 2.84. The summed E-state index contributed by atoms with van der Waals surface area (Å²) in [5.74, 6) is 0.987. The quantitative estimate of drug-likeness (QED) is 0.401. The second-order valence-electron chi connectivity index (χ2n) is 4.54. The molecule has 0 atom stereocenters. The van der Waals surface area contributed by atoms with Crippen LogP contribution in [0, 0.1) is 0 Å². The number of rotatable bonds is 5. The monoisotopic (exact) mass is 412 g/mol. The maximum Gasteiger partial charge on any atom is 0.191 e. The molecule has 1 heterocycles. The van der Waals surface area contributed by atoms with E-state index in [4.69, 9.17) is 0 Å². The molecule has 2 rings (SSSR count). The maximum atomic E-state index is 9.45. The normalized spacial score (nSPS) is 10.7. The second kappa shape index (κ2) is 9.99. The highest BCUT2D eigenvalue weighted by atomic mass is 127. The van der Waals surface area contributed by atoms with Crippen molar-refractivity contribution < 1.29 is 5.11 Å². The van der Waals surface area contributed by atoms with Crippen molar-refractivity contribution in [2.45, 2.75) is 20.0 Å². The van der Waals surface area contributed by atoms with Crippen LogP contribution in [0.2, 0.25) is 0 Å². The Bertz CT molecular complexity index is 590. The molecule has 0 saturated carbocycles. The molecular formula is C16H21IN4O. The van der Waals surface area contributed by atoms with Crippen molar-refractivity contribution in [2.75, 3.05) is 6.54 Å². The van der Waals surface area contributed by atoms with E-state index in [1.54, 1.807) is 18.3 Å². The van der Waals surface area contributed by atoms with Gasteiger partial charge in [0.1, 0.15) is 5.75 Å². The summed E-state index contributed by atoms with van der Waals surface area (Å²) in [4.78, 5) is 8.76. The third-order valence-electron chi connectivity index (χ3n) is 2.84. The zero-order valence-electron chi connectivity index (χ0n) is 12.5. The molecule has 1 aromatic heterocycles. The first-order valence-corrected chi connectivity index (χ1v) is 6.98. The number of aromatic hydroxyl groups is 1. The molecule has 2 aromatic rings. The minimum atomic E-state index is 0. The van der Waals surface area contributed by atoms with Crippen molar-refractivity contribution in [3.8, 4) is 5.75 Å². The lowest BCUT2D eigenvalue weighted by Gasteiger charge is -2.11. The highest BCUT2D eigenvalue weighted by molar-refractivity contribution is 14.0. The minimum Gasteiger partial charge on any atom is -0.508 e. The van der Waals surface area contributed by atoms with Gasteiger partial charge in [-0.25, -0.2) is 4.99 Å². The van der Waals surface area contributed by atoms with Crippen molar-refractivity contribution in [1.82, 2.24) is 15.6 Å². The molecule has 118 valence electrons. The summed E-state index contributed by atoms with van der Waals surface area (Å²) >= 11 is 0. The molecule has 3 N–H and O–H groups in total. The number of hydrogen-bond donors (Lipinski definition) is 3. The number of phenols is 1. The van der Waals surface area contributed by atoms with Gasteiger partial charge >= 0.3 is 0 Å². The Hall–Kier alpha value is -1.83. The molecule has 0 amide bonds. The molecule has 1 aromatic carbocycles. The fourth-order valence-corrected chi connectivity index (χ4v) is 1.84. The van der Waals surface area contributed by atoms with E-state index in [-0.39, 0.29) is 29.7 Å². The Labute approximate surface area is 147 Å². The lowest BCUT2D eigenvalue weighted by molar-refractivity contribution is 0.474. The summed E-state index contributed by atoms with van der Waals surface area (Å²) in [6.07, 6.45) is 1.77. The first kappa shape index (κ1) is 18.2. The van der Waals surface area contributed by atoms with Crippen LogP contribution < -0.4 is 10.6 Å². The SMILES string of the molecule is CCNC(=NCc1cccc(O)c1)NCc1ccccn1.I. The molecule has 22 heavy (non-hydrogen) atoms. The zero-order valence-corrected chi connectivity index (χ0v) is 14.8. The Morgan fingerprint density at radius 2 is 2.05 bits per heavy atom. The average Bonchev–Trinajstić information content (AvgIpc) is 2.51. The number of guanidine groups is 1. The van der Waals surface area contributed by atoms with Gasteiger partial charge in [-0.1, -0.05) is 18.2 Å². The fraction of sp³-hybridized carbons (Fsp3) is 0.250. The summed E-state index contributed by atoms with van der Waals surface area (Å²) < 4.78 is 0. The number of benzene rings is 1. The summed E-state index contributed by atoms with van der Waals surface area (Å²) in [6.45, 7) is 3.93. The number of pyridine rings is 1. The molecule has 0 radical (unpaired) electrons. The van der Waals surface area contributed by atoms with E-state index in [9.17, 15) is 5.11 Å². The highest BCUT2D eigenvalue weighted by Gasteiger charge is 1.99. The van der Waals surface area contributed by atoms with Crippen LogP contribution in [0.5, 0.6) is 5.75 Å². The average molecular weight is 412 g/mol. The van der Waals surface area contributed by atoms with E-state index >= 15 is 0 Å². The zero-order chi connectivity index (χ0) is 14.9. The van der Waals surface area contributed by atoms with E-state index in [1.807, 2.05) is 37.3 Å². The van der Waals surface area contributed by atoms with Crippen molar-refractivity contribution in [2.24, 2.45) is 4.99 Å². The molecule has 0 unspecified atom stereocenters. The van der Waals surface area contributed by atoms with E-state index in [0.717, 1.165) is 23.8 Å². The summed E-state index contributed by atoms with van der Waals surface area (Å²) in [5, 5.41) is 15.9. The van der Waals surface area contributed by atoms with Gasteiger partial charge in [0.2, 0.25) is 0 Å². The van der Waals surface area contributed by atoms with Crippen molar-refractivity contribution in [3.63, 3.8) is 0 Å².